The Balaban J connectivity index is 2.17. The number of methoxy groups -OCH3 is 1. The largest absolute Gasteiger partial charge is 0.497 e. The van der Waals surface area contributed by atoms with Crippen molar-refractivity contribution >= 4 is 38.8 Å². The lowest BCUT2D eigenvalue weighted by atomic mass is 10.3. The predicted molar refractivity (Wildman–Crippen MR) is 96.7 cm³/mol. The third-order valence-electron chi connectivity index (χ3n) is 3.43. The van der Waals surface area contributed by atoms with Gasteiger partial charge in [0.25, 0.3) is 5.91 Å². The zero-order valence-corrected chi connectivity index (χ0v) is 15.1. The fraction of sp³-hybridized carbons (Fsp3) is 0.235. The Kier molecular flexibility index (Phi) is 4.51. The molecule has 0 radical (unpaired) electrons. The molecule has 0 spiro atoms. The van der Waals surface area contributed by atoms with Gasteiger partial charge < -0.3 is 9.30 Å². The standard InChI is InChI=1S/C17H15N3O2S2/c1-5-8-20-13-7-6-12(22-4)9-14(13)24-17(20)19-16(21)15-10(2)18-11(3)23-15/h1,6-7,9H,8H2,2-4H3. The zero-order valence-electron chi connectivity index (χ0n) is 13.5. The molecule has 1 amide bonds. The van der Waals surface area contributed by atoms with Crippen LogP contribution in [-0.4, -0.2) is 22.6 Å². The average molecular weight is 357 g/mol. The number of aromatic nitrogens is 2. The molecule has 2 aromatic heterocycles. The highest BCUT2D eigenvalue weighted by atomic mass is 32.1. The Morgan fingerprint density at radius 2 is 2.21 bits per heavy atom. The molecule has 0 aliphatic heterocycles. The highest BCUT2D eigenvalue weighted by Crippen LogP contribution is 2.23. The molecule has 2 heterocycles. The summed E-state index contributed by atoms with van der Waals surface area (Å²) >= 11 is 2.77. The highest BCUT2D eigenvalue weighted by Gasteiger charge is 2.14. The van der Waals surface area contributed by atoms with E-state index >= 15 is 0 Å². The van der Waals surface area contributed by atoms with E-state index in [9.17, 15) is 4.79 Å². The van der Waals surface area contributed by atoms with Gasteiger partial charge in [0.15, 0.2) is 4.80 Å². The Hall–Kier alpha value is -2.43. The van der Waals surface area contributed by atoms with Crippen LogP contribution in [0.3, 0.4) is 0 Å². The first kappa shape index (κ1) is 16.4. The van der Waals surface area contributed by atoms with Crippen molar-refractivity contribution in [3.8, 4) is 18.1 Å². The quantitative estimate of drug-likeness (QED) is 0.677. The van der Waals surface area contributed by atoms with Crippen molar-refractivity contribution < 1.29 is 9.53 Å². The van der Waals surface area contributed by atoms with Gasteiger partial charge in [-0.25, -0.2) is 4.98 Å². The number of thiazole rings is 2. The molecule has 5 nitrogen and oxygen atoms in total. The number of amides is 1. The van der Waals surface area contributed by atoms with Crippen LogP contribution >= 0.6 is 22.7 Å². The Bertz CT molecular complexity index is 1030. The molecular weight excluding hydrogens is 342 g/mol. The summed E-state index contributed by atoms with van der Waals surface area (Å²) in [5, 5.41) is 0.851. The third-order valence-corrected chi connectivity index (χ3v) is 5.54. The molecule has 0 unspecified atom stereocenters. The van der Waals surface area contributed by atoms with Crippen LogP contribution in [0.4, 0.5) is 0 Å². The fourth-order valence-electron chi connectivity index (χ4n) is 2.38. The second-order valence-electron chi connectivity index (χ2n) is 5.07. The molecule has 3 rings (SSSR count). The highest BCUT2D eigenvalue weighted by molar-refractivity contribution is 7.16. The molecular formula is C17H15N3O2S2. The monoisotopic (exact) mass is 357 g/mol. The molecule has 0 N–H and O–H groups in total. The number of nitrogens with zero attached hydrogens (tertiary/aromatic N) is 3. The van der Waals surface area contributed by atoms with E-state index in [4.69, 9.17) is 11.2 Å². The maximum Gasteiger partial charge on any atom is 0.291 e. The minimum absolute atomic E-state index is 0.289. The van der Waals surface area contributed by atoms with Gasteiger partial charge in [0.2, 0.25) is 0 Å². The van der Waals surface area contributed by atoms with Gasteiger partial charge in [0.1, 0.15) is 10.6 Å². The molecule has 122 valence electrons. The predicted octanol–water partition coefficient (Wildman–Crippen LogP) is 3.16. The van der Waals surface area contributed by atoms with Crippen molar-refractivity contribution in [2.75, 3.05) is 7.11 Å². The van der Waals surface area contributed by atoms with E-state index in [2.05, 4.69) is 15.9 Å². The van der Waals surface area contributed by atoms with Crippen LogP contribution in [0.2, 0.25) is 0 Å². The molecule has 1 aromatic carbocycles. The van der Waals surface area contributed by atoms with Crippen LogP contribution < -0.4 is 9.54 Å². The minimum Gasteiger partial charge on any atom is -0.497 e. The molecule has 0 aliphatic rings. The number of carbonyl (C=O) groups excluding carboxylic acids is 1. The number of benzene rings is 1. The fourth-order valence-corrected chi connectivity index (χ4v) is 4.24. The summed E-state index contributed by atoms with van der Waals surface area (Å²) < 4.78 is 8.08. The molecule has 0 bridgehead atoms. The number of fused-ring (bicyclic) bond motifs is 1. The lowest BCUT2D eigenvalue weighted by Crippen LogP contribution is -2.16. The van der Waals surface area contributed by atoms with Gasteiger partial charge in [-0.15, -0.1) is 17.8 Å². The number of carbonyl (C=O) groups is 1. The first-order valence-corrected chi connectivity index (χ1v) is 8.80. The maximum absolute atomic E-state index is 12.5. The van der Waals surface area contributed by atoms with Crippen molar-refractivity contribution in [2.24, 2.45) is 4.99 Å². The van der Waals surface area contributed by atoms with Gasteiger partial charge in [-0.1, -0.05) is 17.3 Å². The topological polar surface area (TPSA) is 56.5 Å². The van der Waals surface area contributed by atoms with Crippen molar-refractivity contribution in [1.29, 1.82) is 0 Å². The number of aryl methyl sites for hydroxylation is 2. The Morgan fingerprint density at radius 1 is 1.42 bits per heavy atom. The van der Waals surface area contributed by atoms with Gasteiger partial charge in [-0.2, -0.15) is 4.99 Å². The van der Waals surface area contributed by atoms with Crippen molar-refractivity contribution in [2.45, 2.75) is 20.4 Å². The molecule has 0 saturated heterocycles. The van der Waals surface area contributed by atoms with Crippen LogP contribution in [-0.2, 0) is 6.54 Å². The molecule has 0 saturated carbocycles. The Morgan fingerprint density at radius 3 is 2.83 bits per heavy atom. The Labute approximate surface area is 147 Å². The van der Waals surface area contributed by atoms with E-state index in [-0.39, 0.29) is 5.91 Å². The van der Waals surface area contributed by atoms with E-state index in [1.807, 2.05) is 36.6 Å². The summed E-state index contributed by atoms with van der Waals surface area (Å²) in [6, 6.07) is 5.70. The van der Waals surface area contributed by atoms with Crippen molar-refractivity contribution in [3.05, 3.63) is 38.6 Å². The average Bonchev–Trinajstić information content (AvgIpc) is 3.07. The summed E-state index contributed by atoms with van der Waals surface area (Å²) in [6.45, 7) is 4.04. The number of hydrogen-bond acceptors (Lipinski definition) is 5. The number of rotatable bonds is 3. The van der Waals surface area contributed by atoms with Gasteiger partial charge in [0, 0.05) is 0 Å². The summed E-state index contributed by atoms with van der Waals surface area (Å²) in [7, 11) is 1.62. The van der Waals surface area contributed by atoms with Gasteiger partial charge in [-0.3, -0.25) is 4.79 Å². The first-order chi connectivity index (χ1) is 11.5. The summed E-state index contributed by atoms with van der Waals surface area (Å²) in [5.74, 6) is 3.08. The number of hydrogen-bond donors (Lipinski definition) is 0. The van der Waals surface area contributed by atoms with Gasteiger partial charge in [-0.05, 0) is 32.0 Å². The van der Waals surface area contributed by atoms with Crippen LogP contribution in [0.25, 0.3) is 10.2 Å². The first-order valence-electron chi connectivity index (χ1n) is 7.17. The second-order valence-corrected chi connectivity index (χ2v) is 7.29. The van der Waals surface area contributed by atoms with Crippen LogP contribution in [0, 0.1) is 26.2 Å². The van der Waals surface area contributed by atoms with E-state index in [0.29, 0.717) is 21.9 Å². The lowest BCUT2D eigenvalue weighted by molar-refractivity contribution is 0.100. The third kappa shape index (κ3) is 2.98. The zero-order chi connectivity index (χ0) is 17.3. The van der Waals surface area contributed by atoms with E-state index in [0.717, 1.165) is 21.0 Å². The normalized spacial score (nSPS) is 11.7. The number of ether oxygens (including phenoxy) is 1. The summed E-state index contributed by atoms with van der Waals surface area (Å²) in [6.07, 6.45) is 5.48. The van der Waals surface area contributed by atoms with Crippen LogP contribution in [0.1, 0.15) is 20.4 Å². The van der Waals surface area contributed by atoms with E-state index in [1.54, 1.807) is 7.11 Å². The summed E-state index contributed by atoms with van der Waals surface area (Å²) in [5.41, 5.74) is 1.64. The number of terminal acetylenes is 1. The maximum atomic E-state index is 12.5. The molecule has 0 fully saturated rings. The van der Waals surface area contributed by atoms with E-state index < -0.39 is 0 Å². The van der Waals surface area contributed by atoms with Gasteiger partial charge in [0.05, 0.1) is 34.6 Å². The molecule has 0 atom stereocenters. The lowest BCUT2D eigenvalue weighted by Gasteiger charge is -2.01. The molecule has 3 aromatic rings. The summed E-state index contributed by atoms with van der Waals surface area (Å²) in [4.78, 5) is 22.2. The molecule has 0 aliphatic carbocycles. The van der Waals surface area contributed by atoms with Gasteiger partial charge >= 0.3 is 0 Å². The smallest absolute Gasteiger partial charge is 0.291 e. The van der Waals surface area contributed by atoms with E-state index in [1.165, 1.54) is 22.7 Å². The molecule has 7 heteroatoms. The van der Waals surface area contributed by atoms with Crippen molar-refractivity contribution in [3.63, 3.8) is 0 Å². The van der Waals surface area contributed by atoms with Crippen LogP contribution in [0.15, 0.2) is 23.2 Å². The SMILES string of the molecule is C#CCn1c(=NC(=O)c2sc(C)nc2C)sc2cc(OC)ccc21. The second kappa shape index (κ2) is 6.59. The minimum atomic E-state index is -0.289. The molecule has 24 heavy (non-hydrogen) atoms. The van der Waals surface area contributed by atoms with Crippen molar-refractivity contribution in [1.82, 2.24) is 9.55 Å². The van der Waals surface area contributed by atoms with Crippen LogP contribution in [0.5, 0.6) is 5.75 Å².